The highest BCUT2D eigenvalue weighted by molar-refractivity contribution is 7.91. The standard InChI is InChI=1S/C15H23N3O2S/c1-13(8-10-18(2)3)17-9-11-21(19,20)15-6-4-14(12-16)5-7-15/h4-7,13,17H,8-11H2,1-3H3. The van der Waals surface area contributed by atoms with Crippen LogP contribution in [0.4, 0.5) is 0 Å². The van der Waals surface area contributed by atoms with E-state index in [0.717, 1.165) is 13.0 Å². The van der Waals surface area contributed by atoms with Crippen molar-refractivity contribution in [1.82, 2.24) is 10.2 Å². The van der Waals surface area contributed by atoms with Crippen LogP contribution in [0.15, 0.2) is 29.2 Å². The summed E-state index contributed by atoms with van der Waals surface area (Å²) in [5.41, 5.74) is 0.462. The second kappa shape index (κ2) is 8.13. The Kier molecular flexibility index (Phi) is 6.82. The fourth-order valence-corrected chi connectivity index (χ4v) is 3.02. The summed E-state index contributed by atoms with van der Waals surface area (Å²) < 4.78 is 24.3. The quantitative estimate of drug-likeness (QED) is 0.782. The van der Waals surface area contributed by atoms with Gasteiger partial charge < -0.3 is 10.2 Å². The molecular weight excluding hydrogens is 286 g/mol. The Balaban J connectivity index is 2.47. The zero-order valence-corrected chi connectivity index (χ0v) is 13.7. The van der Waals surface area contributed by atoms with Gasteiger partial charge in [-0.1, -0.05) is 0 Å². The molecule has 0 spiro atoms. The lowest BCUT2D eigenvalue weighted by atomic mass is 10.2. The van der Waals surface area contributed by atoms with Crippen molar-refractivity contribution in [2.24, 2.45) is 0 Å². The highest BCUT2D eigenvalue weighted by Crippen LogP contribution is 2.11. The Morgan fingerprint density at radius 2 is 1.90 bits per heavy atom. The Morgan fingerprint density at radius 3 is 2.43 bits per heavy atom. The van der Waals surface area contributed by atoms with Crippen LogP contribution in [0.1, 0.15) is 18.9 Å². The van der Waals surface area contributed by atoms with E-state index in [4.69, 9.17) is 5.26 Å². The van der Waals surface area contributed by atoms with Crippen molar-refractivity contribution in [2.75, 3.05) is 32.9 Å². The minimum atomic E-state index is -3.29. The van der Waals surface area contributed by atoms with Crippen LogP contribution >= 0.6 is 0 Å². The molecule has 1 unspecified atom stereocenters. The molecule has 0 aliphatic heterocycles. The van der Waals surface area contributed by atoms with Crippen molar-refractivity contribution in [1.29, 1.82) is 5.26 Å². The molecule has 1 aromatic carbocycles. The first-order valence-electron chi connectivity index (χ1n) is 6.96. The van der Waals surface area contributed by atoms with Gasteiger partial charge in [0.2, 0.25) is 0 Å². The van der Waals surface area contributed by atoms with E-state index in [1.807, 2.05) is 20.2 Å². The lowest BCUT2D eigenvalue weighted by Crippen LogP contribution is -2.33. The zero-order valence-electron chi connectivity index (χ0n) is 12.8. The summed E-state index contributed by atoms with van der Waals surface area (Å²) in [6, 6.07) is 8.29. The molecule has 0 aromatic heterocycles. The van der Waals surface area contributed by atoms with Gasteiger partial charge in [-0.25, -0.2) is 8.42 Å². The van der Waals surface area contributed by atoms with Gasteiger partial charge >= 0.3 is 0 Å². The molecule has 1 N–H and O–H groups in total. The molecule has 0 bridgehead atoms. The lowest BCUT2D eigenvalue weighted by Gasteiger charge is -2.16. The van der Waals surface area contributed by atoms with Crippen LogP contribution in [0.3, 0.4) is 0 Å². The number of hydrogen-bond donors (Lipinski definition) is 1. The summed E-state index contributed by atoms with van der Waals surface area (Å²) in [4.78, 5) is 2.37. The normalized spacial score (nSPS) is 13.1. The van der Waals surface area contributed by atoms with Gasteiger partial charge in [-0.3, -0.25) is 0 Å². The van der Waals surface area contributed by atoms with Gasteiger partial charge in [-0.2, -0.15) is 5.26 Å². The molecule has 0 fully saturated rings. The van der Waals surface area contributed by atoms with Crippen LogP contribution < -0.4 is 5.32 Å². The second-order valence-corrected chi connectivity index (χ2v) is 7.51. The Bertz CT molecular complexity index is 574. The average molecular weight is 309 g/mol. The third kappa shape index (κ3) is 6.25. The lowest BCUT2D eigenvalue weighted by molar-refractivity contribution is 0.368. The fourth-order valence-electron chi connectivity index (χ4n) is 1.85. The van der Waals surface area contributed by atoms with Gasteiger partial charge in [0, 0.05) is 12.6 Å². The van der Waals surface area contributed by atoms with E-state index < -0.39 is 9.84 Å². The molecule has 0 saturated carbocycles. The molecule has 21 heavy (non-hydrogen) atoms. The van der Waals surface area contributed by atoms with Crippen molar-refractivity contribution >= 4 is 9.84 Å². The van der Waals surface area contributed by atoms with E-state index >= 15 is 0 Å². The second-order valence-electron chi connectivity index (χ2n) is 5.40. The largest absolute Gasteiger partial charge is 0.313 e. The zero-order chi connectivity index (χ0) is 15.9. The summed E-state index contributed by atoms with van der Waals surface area (Å²) in [5, 5.41) is 11.9. The SMILES string of the molecule is CC(CCN(C)C)NCCS(=O)(=O)c1ccc(C#N)cc1. The fraction of sp³-hybridized carbons (Fsp3) is 0.533. The average Bonchev–Trinajstić information content (AvgIpc) is 2.45. The highest BCUT2D eigenvalue weighted by atomic mass is 32.2. The first kappa shape index (κ1) is 17.6. The minimum Gasteiger partial charge on any atom is -0.313 e. The van der Waals surface area contributed by atoms with Crippen LogP contribution in [-0.4, -0.2) is 52.3 Å². The smallest absolute Gasteiger partial charge is 0.179 e. The summed E-state index contributed by atoms with van der Waals surface area (Å²) in [5.74, 6) is 0.0607. The number of rotatable bonds is 8. The number of nitriles is 1. The molecule has 0 aliphatic rings. The van der Waals surface area contributed by atoms with Crippen molar-refractivity contribution in [3.05, 3.63) is 29.8 Å². The topological polar surface area (TPSA) is 73.2 Å². The molecule has 0 aliphatic carbocycles. The van der Waals surface area contributed by atoms with Crippen molar-refractivity contribution in [2.45, 2.75) is 24.3 Å². The first-order valence-corrected chi connectivity index (χ1v) is 8.61. The number of nitrogens with zero attached hydrogens (tertiary/aromatic N) is 2. The summed E-state index contributed by atoms with van der Waals surface area (Å²) in [6.07, 6.45) is 0.976. The molecule has 0 heterocycles. The van der Waals surface area contributed by atoms with Crippen molar-refractivity contribution in [3.8, 4) is 6.07 Å². The van der Waals surface area contributed by atoms with E-state index in [1.165, 1.54) is 24.3 Å². The van der Waals surface area contributed by atoms with E-state index in [0.29, 0.717) is 12.1 Å². The molecule has 0 saturated heterocycles. The Labute approximate surface area is 127 Å². The van der Waals surface area contributed by atoms with Crippen LogP contribution in [0.5, 0.6) is 0 Å². The number of nitrogens with one attached hydrogen (secondary N) is 1. The van der Waals surface area contributed by atoms with Gasteiger partial charge in [0.1, 0.15) is 0 Å². The predicted octanol–water partition coefficient (Wildman–Crippen LogP) is 1.26. The summed E-state index contributed by atoms with van der Waals surface area (Å²) in [6.45, 7) is 3.45. The summed E-state index contributed by atoms with van der Waals surface area (Å²) >= 11 is 0. The van der Waals surface area contributed by atoms with Gasteiger partial charge in [0.05, 0.1) is 22.3 Å². The molecule has 0 radical (unpaired) electrons. The van der Waals surface area contributed by atoms with Gasteiger partial charge in [-0.05, 0) is 58.3 Å². The van der Waals surface area contributed by atoms with E-state index in [2.05, 4.69) is 17.1 Å². The molecular formula is C15H23N3O2S. The van der Waals surface area contributed by atoms with Crippen molar-refractivity contribution < 1.29 is 8.42 Å². The van der Waals surface area contributed by atoms with Crippen molar-refractivity contribution in [3.63, 3.8) is 0 Å². The monoisotopic (exact) mass is 309 g/mol. The molecule has 0 amide bonds. The molecule has 5 nitrogen and oxygen atoms in total. The minimum absolute atomic E-state index is 0.0607. The molecule has 6 heteroatoms. The number of benzene rings is 1. The van der Waals surface area contributed by atoms with Crippen LogP contribution in [0.2, 0.25) is 0 Å². The predicted molar refractivity (Wildman–Crippen MR) is 83.8 cm³/mol. The first-order chi connectivity index (χ1) is 9.85. The highest BCUT2D eigenvalue weighted by Gasteiger charge is 2.14. The Hall–Kier alpha value is -1.42. The van der Waals surface area contributed by atoms with E-state index in [1.54, 1.807) is 0 Å². The van der Waals surface area contributed by atoms with E-state index in [-0.39, 0.29) is 16.7 Å². The maximum atomic E-state index is 12.1. The number of hydrogen-bond acceptors (Lipinski definition) is 5. The third-order valence-electron chi connectivity index (χ3n) is 3.22. The molecule has 116 valence electrons. The molecule has 1 rings (SSSR count). The van der Waals surface area contributed by atoms with Crippen LogP contribution in [-0.2, 0) is 9.84 Å². The van der Waals surface area contributed by atoms with Gasteiger partial charge in [-0.15, -0.1) is 0 Å². The molecule has 1 atom stereocenters. The van der Waals surface area contributed by atoms with Crippen LogP contribution in [0.25, 0.3) is 0 Å². The van der Waals surface area contributed by atoms with E-state index in [9.17, 15) is 8.42 Å². The maximum absolute atomic E-state index is 12.1. The Morgan fingerprint density at radius 1 is 1.29 bits per heavy atom. The summed E-state index contributed by atoms with van der Waals surface area (Å²) in [7, 11) is 0.737. The van der Waals surface area contributed by atoms with Gasteiger partial charge in [0.25, 0.3) is 0 Å². The maximum Gasteiger partial charge on any atom is 0.179 e. The molecule has 1 aromatic rings. The van der Waals surface area contributed by atoms with Crippen LogP contribution in [0, 0.1) is 11.3 Å². The van der Waals surface area contributed by atoms with Gasteiger partial charge in [0.15, 0.2) is 9.84 Å². The third-order valence-corrected chi connectivity index (χ3v) is 4.95. The number of sulfone groups is 1.